The third kappa shape index (κ3) is 5.37. The molecule has 0 saturated heterocycles. The van der Waals surface area contributed by atoms with Crippen molar-refractivity contribution in [3.05, 3.63) is 54.1 Å². The Morgan fingerprint density at radius 1 is 1.15 bits per heavy atom. The van der Waals surface area contributed by atoms with Gasteiger partial charge < -0.3 is 11.2 Å². The largest absolute Gasteiger partial charge is 0.335 e. The Morgan fingerprint density at radius 3 is 2.52 bits per heavy atom. The summed E-state index contributed by atoms with van der Waals surface area (Å²) in [6.45, 7) is 8.01. The van der Waals surface area contributed by atoms with Crippen LogP contribution >= 0.6 is 11.8 Å². The molecule has 3 aromatic rings. The number of carbonyl (C=O) groups excluding carboxylic acids is 1. The number of nitrogens with two attached hydrogens (primary N) is 1. The van der Waals surface area contributed by atoms with Crippen LogP contribution < -0.4 is 11.2 Å². The molecule has 2 aromatic carbocycles. The van der Waals surface area contributed by atoms with Crippen LogP contribution in [0.15, 0.2) is 58.6 Å². The van der Waals surface area contributed by atoms with Crippen LogP contribution in [-0.4, -0.2) is 51.8 Å². The summed E-state index contributed by atoms with van der Waals surface area (Å²) in [5.41, 5.74) is 2.23. The predicted octanol–water partition coefficient (Wildman–Crippen LogP) is 3.12. The van der Waals surface area contributed by atoms with E-state index < -0.39 is 15.3 Å². The van der Waals surface area contributed by atoms with Crippen LogP contribution in [-0.2, 0) is 14.8 Å². The van der Waals surface area contributed by atoms with E-state index in [2.05, 4.69) is 15.5 Å². The van der Waals surface area contributed by atoms with Gasteiger partial charge in [0, 0.05) is 24.3 Å². The summed E-state index contributed by atoms with van der Waals surface area (Å²) in [5, 5.41) is 11.0. The quantitative estimate of drug-likeness (QED) is 0.350. The maximum Gasteiger partial charge on any atom is 0.243 e. The van der Waals surface area contributed by atoms with Crippen molar-refractivity contribution in [1.29, 1.82) is 0 Å². The Morgan fingerprint density at radius 2 is 1.85 bits per heavy atom. The highest BCUT2D eigenvalue weighted by Crippen LogP contribution is 2.27. The zero-order chi connectivity index (χ0) is 24.2. The standard InChI is InChI=1S/C22H28N6O3S2/c1-5-27(6-2)33(30,31)18-12-9-11-17(14-18)20-25-26-22(28(20)23)32-16(4)21(29)24-19-13-8-7-10-15(19)3/h7-14,16H,5-6,23H2,1-4H3,(H,24,29)/t16-/m1/s1. The molecule has 0 spiro atoms. The van der Waals surface area contributed by atoms with E-state index in [1.807, 2.05) is 31.2 Å². The number of benzene rings is 2. The van der Waals surface area contributed by atoms with E-state index in [1.54, 1.807) is 39.0 Å². The van der Waals surface area contributed by atoms with E-state index in [-0.39, 0.29) is 10.8 Å². The van der Waals surface area contributed by atoms with Crippen molar-refractivity contribution < 1.29 is 13.2 Å². The lowest BCUT2D eigenvalue weighted by atomic mass is 10.2. The average molecular weight is 489 g/mol. The number of nitrogens with one attached hydrogen (secondary N) is 1. The molecule has 1 heterocycles. The first-order chi connectivity index (χ1) is 15.7. The van der Waals surface area contributed by atoms with Gasteiger partial charge in [0.1, 0.15) is 0 Å². The van der Waals surface area contributed by atoms with Gasteiger partial charge in [0.25, 0.3) is 0 Å². The number of hydrogen-bond donors (Lipinski definition) is 2. The number of rotatable bonds is 9. The molecular formula is C22H28N6O3S2. The van der Waals surface area contributed by atoms with Gasteiger partial charge in [-0.1, -0.05) is 55.9 Å². The number of sulfonamides is 1. The number of hydrogen-bond acceptors (Lipinski definition) is 7. The number of aryl methyl sites for hydroxylation is 1. The van der Waals surface area contributed by atoms with Crippen molar-refractivity contribution in [3.63, 3.8) is 0 Å². The minimum atomic E-state index is -3.62. The fourth-order valence-corrected chi connectivity index (χ4v) is 5.50. The van der Waals surface area contributed by atoms with Crippen LogP contribution in [0.25, 0.3) is 11.4 Å². The normalized spacial score (nSPS) is 12.6. The Balaban J connectivity index is 1.80. The Kier molecular flexibility index (Phi) is 7.77. The number of anilines is 1. The van der Waals surface area contributed by atoms with E-state index in [1.165, 1.54) is 26.8 Å². The second-order valence-corrected chi connectivity index (χ2v) is 10.6. The van der Waals surface area contributed by atoms with Crippen molar-refractivity contribution in [2.75, 3.05) is 24.2 Å². The minimum absolute atomic E-state index is 0.159. The highest BCUT2D eigenvalue weighted by atomic mass is 32.2. The molecular weight excluding hydrogens is 460 g/mol. The first kappa shape index (κ1) is 24.7. The number of carbonyl (C=O) groups is 1. The second kappa shape index (κ2) is 10.4. The molecule has 33 heavy (non-hydrogen) atoms. The molecule has 0 aliphatic carbocycles. The van der Waals surface area contributed by atoms with Crippen molar-refractivity contribution in [2.24, 2.45) is 0 Å². The maximum absolute atomic E-state index is 12.9. The third-order valence-corrected chi connectivity index (χ3v) is 8.26. The summed E-state index contributed by atoms with van der Waals surface area (Å²) in [5.74, 6) is 6.33. The van der Waals surface area contributed by atoms with Crippen molar-refractivity contribution in [3.8, 4) is 11.4 Å². The highest BCUT2D eigenvalue weighted by molar-refractivity contribution is 8.00. The summed E-state index contributed by atoms with van der Waals surface area (Å²) in [7, 11) is -3.62. The van der Waals surface area contributed by atoms with Gasteiger partial charge in [0.15, 0.2) is 5.82 Å². The highest BCUT2D eigenvalue weighted by Gasteiger charge is 2.24. The molecule has 3 rings (SSSR count). The molecule has 176 valence electrons. The molecule has 9 nitrogen and oxygen atoms in total. The van der Waals surface area contributed by atoms with Gasteiger partial charge in [0.05, 0.1) is 10.1 Å². The van der Waals surface area contributed by atoms with Crippen LogP contribution in [0.1, 0.15) is 26.3 Å². The van der Waals surface area contributed by atoms with E-state index in [0.717, 1.165) is 11.3 Å². The van der Waals surface area contributed by atoms with Gasteiger partial charge in [-0.2, -0.15) is 4.31 Å². The van der Waals surface area contributed by atoms with Crippen molar-refractivity contribution >= 4 is 33.4 Å². The number of nitrogens with zero attached hydrogens (tertiary/aromatic N) is 4. The lowest BCUT2D eigenvalue weighted by Crippen LogP contribution is -2.30. The topological polar surface area (TPSA) is 123 Å². The lowest BCUT2D eigenvalue weighted by molar-refractivity contribution is -0.115. The summed E-state index contributed by atoms with van der Waals surface area (Å²) < 4.78 is 28.4. The Hall–Kier alpha value is -2.89. The molecule has 1 amide bonds. The molecule has 0 unspecified atom stereocenters. The minimum Gasteiger partial charge on any atom is -0.335 e. The molecule has 0 fully saturated rings. The average Bonchev–Trinajstić information content (AvgIpc) is 3.16. The molecule has 0 radical (unpaired) electrons. The predicted molar refractivity (Wildman–Crippen MR) is 131 cm³/mol. The number of nitrogen functional groups attached to an aromatic ring is 1. The van der Waals surface area contributed by atoms with E-state index in [0.29, 0.717) is 29.6 Å². The van der Waals surface area contributed by atoms with Crippen LogP contribution in [0, 0.1) is 6.92 Å². The van der Waals surface area contributed by atoms with Gasteiger partial charge in [-0.05, 0) is 37.6 Å². The molecule has 0 saturated carbocycles. The molecule has 0 aliphatic heterocycles. The SMILES string of the molecule is CCN(CC)S(=O)(=O)c1cccc(-c2nnc(S[C@H](C)C(=O)Nc3ccccc3C)n2N)c1. The summed E-state index contributed by atoms with van der Waals surface area (Å²) in [4.78, 5) is 12.8. The summed E-state index contributed by atoms with van der Waals surface area (Å²) in [6.07, 6.45) is 0. The molecule has 1 aromatic heterocycles. The van der Waals surface area contributed by atoms with Crippen molar-refractivity contribution in [1.82, 2.24) is 19.2 Å². The monoisotopic (exact) mass is 488 g/mol. The smallest absolute Gasteiger partial charge is 0.243 e. The first-order valence-corrected chi connectivity index (χ1v) is 12.8. The fraction of sp³-hybridized carbons (Fsp3) is 0.318. The van der Waals surface area contributed by atoms with E-state index in [4.69, 9.17) is 5.84 Å². The number of thioether (sulfide) groups is 1. The van der Waals surface area contributed by atoms with Crippen LogP contribution in [0.5, 0.6) is 0 Å². The second-order valence-electron chi connectivity index (χ2n) is 7.36. The fourth-order valence-electron chi connectivity index (χ4n) is 3.22. The number of aromatic nitrogens is 3. The van der Waals surface area contributed by atoms with Gasteiger partial charge >= 0.3 is 0 Å². The van der Waals surface area contributed by atoms with Crippen LogP contribution in [0.2, 0.25) is 0 Å². The Labute approximate surface area is 198 Å². The number of para-hydroxylation sites is 1. The van der Waals surface area contributed by atoms with E-state index >= 15 is 0 Å². The summed E-state index contributed by atoms with van der Waals surface area (Å²) >= 11 is 1.17. The third-order valence-electron chi connectivity index (χ3n) is 5.15. The molecule has 0 aliphatic rings. The Bertz CT molecular complexity index is 1240. The van der Waals surface area contributed by atoms with Gasteiger partial charge in [0.2, 0.25) is 21.1 Å². The molecule has 1 atom stereocenters. The van der Waals surface area contributed by atoms with Gasteiger partial charge in [-0.15, -0.1) is 10.2 Å². The first-order valence-electron chi connectivity index (χ1n) is 10.5. The van der Waals surface area contributed by atoms with Crippen LogP contribution in [0.3, 0.4) is 0 Å². The van der Waals surface area contributed by atoms with Crippen LogP contribution in [0.4, 0.5) is 5.69 Å². The molecule has 3 N–H and O–H groups in total. The molecule has 0 bridgehead atoms. The van der Waals surface area contributed by atoms with E-state index in [9.17, 15) is 13.2 Å². The van der Waals surface area contributed by atoms with Crippen molar-refractivity contribution in [2.45, 2.75) is 43.0 Å². The zero-order valence-corrected chi connectivity index (χ0v) is 20.7. The maximum atomic E-state index is 12.9. The summed E-state index contributed by atoms with van der Waals surface area (Å²) in [6, 6.07) is 14.0. The number of amides is 1. The van der Waals surface area contributed by atoms with Gasteiger partial charge in [-0.3, -0.25) is 4.79 Å². The molecule has 11 heteroatoms. The zero-order valence-electron chi connectivity index (χ0n) is 19.0. The lowest BCUT2D eigenvalue weighted by Gasteiger charge is -2.18. The van der Waals surface area contributed by atoms with Gasteiger partial charge in [-0.25, -0.2) is 13.1 Å².